The molecule has 0 aromatic heterocycles. The lowest BCUT2D eigenvalue weighted by Gasteiger charge is -2.21. The van der Waals surface area contributed by atoms with Crippen molar-refractivity contribution in [3.63, 3.8) is 0 Å². The molecule has 19 heavy (non-hydrogen) atoms. The molecule has 0 heterocycles. The molecule has 2 rings (SSSR count). The first-order valence-corrected chi connectivity index (χ1v) is 7.61. The third-order valence-electron chi connectivity index (χ3n) is 4.27. The summed E-state index contributed by atoms with van der Waals surface area (Å²) in [5.74, 6) is 1.04. The third kappa shape index (κ3) is 3.11. The van der Waals surface area contributed by atoms with Crippen molar-refractivity contribution in [2.75, 3.05) is 0 Å². The largest absolute Gasteiger partial charge is 0.507 e. The molecule has 2 N–H and O–H groups in total. The van der Waals surface area contributed by atoms with E-state index in [1.54, 1.807) is 18.2 Å². The van der Waals surface area contributed by atoms with E-state index in [0.29, 0.717) is 17.4 Å². The van der Waals surface area contributed by atoms with Crippen LogP contribution in [0.1, 0.15) is 43.5 Å². The molecule has 0 radical (unpaired) electrons. The molecule has 0 aliphatic heterocycles. The van der Waals surface area contributed by atoms with E-state index in [4.69, 9.17) is 0 Å². The first-order valence-electron chi connectivity index (χ1n) is 6.82. The van der Waals surface area contributed by atoms with Crippen LogP contribution in [0.5, 0.6) is 5.75 Å². The summed E-state index contributed by atoms with van der Waals surface area (Å²) in [7, 11) is 0. The van der Waals surface area contributed by atoms with Crippen molar-refractivity contribution in [3.8, 4) is 5.75 Å². The van der Waals surface area contributed by atoms with E-state index in [9.17, 15) is 9.90 Å². The molecular formula is C15H20BrNO2. The maximum atomic E-state index is 12.2. The fourth-order valence-corrected chi connectivity index (χ4v) is 3.32. The molecule has 1 aromatic rings. The highest BCUT2D eigenvalue weighted by atomic mass is 79.9. The van der Waals surface area contributed by atoms with Gasteiger partial charge in [-0.1, -0.05) is 36.2 Å². The number of benzene rings is 1. The van der Waals surface area contributed by atoms with Gasteiger partial charge in [-0.05, 0) is 42.9 Å². The lowest BCUT2D eigenvalue weighted by atomic mass is 9.93. The average Bonchev–Trinajstić information content (AvgIpc) is 2.70. The van der Waals surface area contributed by atoms with E-state index in [1.165, 1.54) is 6.42 Å². The van der Waals surface area contributed by atoms with Crippen LogP contribution in [0.15, 0.2) is 22.7 Å². The van der Waals surface area contributed by atoms with Gasteiger partial charge in [0.05, 0.1) is 5.56 Å². The van der Waals surface area contributed by atoms with Gasteiger partial charge in [-0.25, -0.2) is 0 Å². The number of amides is 1. The van der Waals surface area contributed by atoms with Crippen LogP contribution in [0.4, 0.5) is 0 Å². The van der Waals surface area contributed by atoms with E-state index < -0.39 is 0 Å². The van der Waals surface area contributed by atoms with E-state index >= 15 is 0 Å². The van der Waals surface area contributed by atoms with Crippen LogP contribution < -0.4 is 5.32 Å². The molecular weight excluding hydrogens is 306 g/mol. The summed E-state index contributed by atoms with van der Waals surface area (Å²) >= 11 is 3.27. The summed E-state index contributed by atoms with van der Waals surface area (Å²) in [6, 6.07) is 5.18. The summed E-state index contributed by atoms with van der Waals surface area (Å²) in [5, 5.41) is 12.9. The Morgan fingerprint density at radius 2 is 2.21 bits per heavy atom. The Kier molecular flexibility index (Phi) is 4.50. The zero-order chi connectivity index (χ0) is 14.0. The third-order valence-corrected chi connectivity index (χ3v) is 4.77. The van der Waals surface area contributed by atoms with E-state index in [-0.39, 0.29) is 17.7 Å². The monoisotopic (exact) mass is 325 g/mol. The number of carbonyl (C=O) groups excluding carboxylic acids is 1. The topological polar surface area (TPSA) is 49.3 Å². The Hall–Kier alpha value is -1.03. The normalized spacial score (nSPS) is 26.4. The van der Waals surface area contributed by atoms with Crippen LogP contribution in [0, 0.1) is 11.8 Å². The summed E-state index contributed by atoms with van der Waals surface area (Å²) < 4.78 is 0.766. The predicted molar refractivity (Wildman–Crippen MR) is 79.2 cm³/mol. The average molecular weight is 326 g/mol. The molecule has 3 atom stereocenters. The Balaban J connectivity index is 2.05. The van der Waals surface area contributed by atoms with Gasteiger partial charge in [-0.15, -0.1) is 0 Å². The fraction of sp³-hybridized carbons (Fsp3) is 0.533. The second-order valence-corrected chi connectivity index (χ2v) is 6.26. The number of phenols is 1. The SMILES string of the molecule is CCC1CCC(NC(=O)c2ccc(Br)cc2O)C1C. The van der Waals surface area contributed by atoms with Gasteiger partial charge in [-0.2, -0.15) is 0 Å². The molecule has 0 bridgehead atoms. The van der Waals surface area contributed by atoms with Crippen LogP contribution in [-0.4, -0.2) is 17.1 Å². The smallest absolute Gasteiger partial charge is 0.255 e. The molecule has 0 saturated heterocycles. The number of halogens is 1. The highest BCUT2D eigenvalue weighted by Gasteiger charge is 2.32. The first kappa shape index (κ1) is 14.4. The summed E-state index contributed by atoms with van der Waals surface area (Å²) in [5.41, 5.74) is 0.343. The molecule has 1 aromatic carbocycles. The molecule has 3 unspecified atom stereocenters. The highest BCUT2D eigenvalue weighted by Crippen LogP contribution is 2.34. The highest BCUT2D eigenvalue weighted by molar-refractivity contribution is 9.10. The molecule has 1 amide bonds. The second kappa shape index (κ2) is 5.95. The minimum atomic E-state index is -0.182. The lowest BCUT2D eigenvalue weighted by Crippen LogP contribution is -2.37. The number of aromatic hydroxyl groups is 1. The van der Waals surface area contributed by atoms with Gasteiger partial charge in [0.2, 0.25) is 0 Å². The maximum Gasteiger partial charge on any atom is 0.255 e. The van der Waals surface area contributed by atoms with Gasteiger partial charge in [0.1, 0.15) is 5.75 Å². The van der Waals surface area contributed by atoms with E-state index in [0.717, 1.165) is 17.3 Å². The number of hydrogen-bond acceptors (Lipinski definition) is 2. The number of rotatable bonds is 3. The lowest BCUT2D eigenvalue weighted by molar-refractivity contribution is 0.0924. The van der Waals surface area contributed by atoms with Crippen molar-refractivity contribution in [2.24, 2.45) is 11.8 Å². The summed E-state index contributed by atoms with van der Waals surface area (Å²) in [4.78, 5) is 12.2. The van der Waals surface area contributed by atoms with Gasteiger partial charge in [0.25, 0.3) is 5.91 Å². The number of nitrogens with one attached hydrogen (secondary N) is 1. The summed E-state index contributed by atoms with van der Waals surface area (Å²) in [6.45, 7) is 4.40. The van der Waals surface area contributed by atoms with Crippen LogP contribution in [-0.2, 0) is 0 Å². The fourth-order valence-electron chi connectivity index (χ4n) is 2.97. The molecule has 0 spiro atoms. The van der Waals surface area contributed by atoms with Crippen molar-refractivity contribution in [1.82, 2.24) is 5.32 Å². The van der Waals surface area contributed by atoms with E-state index in [1.807, 2.05) is 0 Å². The number of carbonyl (C=O) groups is 1. The molecule has 1 saturated carbocycles. The Morgan fingerprint density at radius 3 is 2.79 bits per heavy atom. The quantitative estimate of drug-likeness (QED) is 0.890. The van der Waals surface area contributed by atoms with E-state index in [2.05, 4.69) is 35.1 Å². The Morgan fingerprint density at radius 1 is 1.47 bits per heavy atom. The molecule has 1 fully saturated rings. The molecule has 1 aliphatic rings. The van der Waals surface area contributed by atoms with Gasteiger partial charge >= 0.3 is 0 Å². The van der Waals surface area contributed by atoms with Crippen molar-refractivity contribution in [1.29, 1.82) is 0 Å². The van der Waals surface area contributed by atoms with Crippen molar-refractivity contribution < 1.29 is 9.90 Å². The standard InChI is InChI=1S/C15H20BrNO2/c1-3-10-4-7-13(9(10)2)17-15(19)12-6-5-11(16)8-14(12)18/h5-6,8-10,13,18H,3-4,7H2,1-2H3,(H,17,19). The Labute approximate surface area is 122 Å². The Bertz CT molecular complexity index is 475. The maximum absolute atomic E-state index is 12.2. The zero-order valence-corrected chi connectivity index (χ0v) is 12.9. The van der Waals surface area contributed by atoms with Crippen LogP contribution >= 0.6 is 15.9 Å². The number of phenolic OH excluding ortho intramolecular Hbond substituents is 1. The molecule has 104 valence electrons. The van der Waals surface area contributed by atoms with Crippen molar-refractivity contribution in [2.45, 2.75) is 39.2 Å². The first-order chi connectivity index (χ1) is 9.02. The van der Waals surface area contributed by atoms with Gasteiger partial charge in [0.15, 0.2) is 0 Å². The molecule has 4 heteroatoms. The second-order valence-electron chi connectivity index (χ2n) is 5.35. The van der Waals surface area contributed by atoms with Crippen LogP contribution in [0.25, 0.3) is 0 Å². The zero-order valence-electron chi connectivity index (χ0n) is 11.3. The minimum Gasteiger partial charge on any atom is -0.507 e. The minimum absolute atomic E-state index is 0.0181. The van der Waals surface area contributed by atoms with Crippen LogP contribution in [0.3, 0.4) is 0 Å². The van der Waals surface area contributed by atoms with Crippen molar-refractivity contribution in [3.05, 3.63) is 28.2 Å². The van der Waals surface area contributed by atoms with Crippen LogP contribution in [0.2, 0.25) is 0 Å². The number of hydrogen-bond donors (Lipinski definition) is 2. The van der Waals surface area contributed by atoms with Gasteiger partial charge in [0, 0.05) is 10.5 Å². The van der Waals surface area contributed by atoms with Gasteiger partial charge in [-0.3, -0.25) is 4.79 Å². The molecule has 3 nitrogen and oxygen atoms in total. The predicted octanol–water partition coefficient (Wildman–Crippen LogP) is 3.71. The summed E-state index contributed by atoms with van der Waals surface area (Å²) in [6.07, 6.45) is 3.37. The van der Waals surface area contributed by atoms with Gasteiger partial charge < -0.3 is 10.4 Å². The van der Waals surface area contributed by atoms with Crippen molar-refractivity contribution >= 4 is 21.8 Å². The molecule has 1 aliphatic carbocycles.